The van der Waals surface area contributed by atoms with Gasteiger partial charge < -0.3 is 25.5 Å². The predicted octanol–water partition coefficient (Wildman–Crippen LogP) is 16.5. The highest BCUT2D eigenvalue weighted by atomic mass is 16.3. The molecule has 5 heteroatoms. The van der Waals surface area contributed by atoms with E-state index in [9.17, 15) is 25.5 Å². The van der Waals surface area contributed by atoms with Crippen LogP contribution in [-0.4, -0.2) is 25.5 Å². The highest BCUT2D eigenvalue weighted by Crippen LogP contribution is 2.49. The van der Waals surface area contributed by atoms with E-state index in [4.69, 9.17) is 0 Å². The molecule has 5 N–H and O–H groups in total. The Morgan fingerprint density at radius 1 is 0.358 bits per heavy atom. The van der Waals surface area contributed by atoms with Crippen molar-refractivity contribution >= 4 is 0 Å². The molecule has 0 aromatic heterocycles. The van der Waals surface area contributed by atoms with Crippen LogP contribution in [0.5, 0.6) is 28.7 Å². The summed E-state index contributed by atoms with van der Waals surface area (Å²) in [6, 6.07) is 20.7. The topological polar surface area (TPSA) is 101 Å². The van der Waals surface area contributed by atoms with Crippen molar-refractivity contribution in [2.75, 3.05) is 0 Å². The molecule has 366 valence electrons. The minimum absolute atomic E-state index is 0.0375. The molecule has 1 unspecified atom stereocenters. The minimum atomic E-state index is -0.227. The standard InChI is InChI=1S/C36H50O3.C26H38O2/c1-20-14-30(37)27(34(5,6)7)17-24(20)23(4)33(25-18-28(35(8,9)10)31(38)15-21(25)2)26-19-29(36(11,12)13)32(39)16-22(26)3;1-10-17-12-19(23(27)21(14-17)25(4,5)6)16(3)20-13-18(11-2)15-22(24(20)28)26(7,8)9/h14-19,23,33,37-39H,1-13H3;12-16,27-28H,10-11H2,1-9H3. The van der Waals surface area contributed by atoms with Gasteiger partial charge in [0.1, 0.15) is 28.7 Å². The smallest absolute Gasteiger partial charge is 0.123 e. The molecule has 0 aliphatic rings. The number of rotatable bonds is 8. The Morgan fingerprint density at radius 2 is 0.627 bits per heavy atom. The molecule has 5 aromatic carbocycles. The minimum Gasteiger partial charge on any atom is -0.508 e. The van der Waals surface area contributed by atoms with Crippen LogP contribution in [0.3, 0.4) is 0 Å². The largest absolute Gasteiger partial charge is 0.508 e. The molecule has 0 bridgehead atoms. The SMILES string of the molecule is CCc1cc(C(C)c2cc(CC)cc(C(C)(C)C)c2O)c(O)c(C(C)(C)C)c1.Cc1cc(O)c(C(C)(C)C)cc1C(C)C(c1cc(C(C)(C)C)c(O)cc1C)c1cc(C(C)(C)C)c(O)cc1C. The second kappa shape index (κ2) is 19.6. The van der Waals surface area contributed by atoms with Gasteiger partial charge in [0.05, 0.1) is 0 Å². The summed E-state index contributed by atoms with van der Waals surface area (Å²) < 4.78 is 0. The van der Waals surface area contributed by atoms with E-state index in [0.717, 1.165) is 68.5 Å². The fraction of sp³-hybridized carbons (Fsp3) is 0.516. The number of hydrogen-bond donors (Lipinski definition) is 5. The molecule has 5 nitrogen and oxygen atoms in total. The van der Waals surface area contributed by atoms with Crippen LogP contribution >= 0.6 is 0 Å². The van der Waals surface area contributed by atoms with Gasteiger partial charge in [0.25, 0.3) is 0 Å². The van der Waals surface area contributed by atoms with Crippen LogP contribution in [0.2, 0.25) is 0 Å². The zero-order chi connectivity index (χ0) is 51.3. The summed E-state index contributed by atoms with van der Waals surface area (Å²) in [5.41, 5.74) is 14.6. The lowest BCUT2D eigenvalue weighted by Crippen LogP contribution is -2.20. The van der Waals surface area contributed by atoms with Crippen LogP contribution in [0.4, 0.5) is 0 Å². The lowest BCUT2D eigenvalue weighted by atomic mass is 9.71. The van der Waals surface area contributed by atoms with E-state index in [0.29, 0.717) is 28.7 Å². The van der Waals surface area contributed by atoms with Crippen molar-refractivity contribution in [2.45, 2.75) is 210 Å². The van der Waals surface area contributed by atoms with Gasteiger partial charge in [-0.25, -0.2) is 0 Å². The number of hydrogen-bond acceptors (Lipinski definition) is 5. The van der Waals surface area contributed by atoms with Gasteiger partial charge in [0.2, 0.25) is 0 Å². The summed E-state index contributed by atoms with van der Waals surface area (Å²) in [4.78, 5) is 0. The molecule has 0 spiro atoms. The summed E-state index contributed by atoms with van der Waals surface area (Å²) in [6.07, 6.45) is 1.83. The van der Waals surface area contributed by atoms with E-state index in [1.54, 1.807) is 0 Å². The highest BCUT2D eigenvalue weighted by Gasteiger charge is 2.33. The maximum atomic E-state index is 11.1. The molecule has 0 radical (unpaired) electrons. The first kappa shape index (κ1) is 54.7. The van der Waals surface area contributed by atoms with Crippen LogP contribution in [0.25, 0.3) is 0 Å². The van der Waals surface area contributed by atoms with Gasteiger partial charge in [-0.1, -0.05) is 174 Å². The average molecular weight is 913 g/mol. The molecule has 0 saturated heterocycles. The van der Waals surface area contributed by atoms with Gasteiger partial charge in [-0.15, -0.1) is 0 Å². The molecule has 67 heavy (non-hydrogen) atoms. The van der Waals surface area contributed by atoms with Gasteiger partial charge in [-0.05, 0) is 157 Å². The molecule has 0 aliphatic carbocycles. The number of aromatic hydroxyl groups is 5. The Hall–Kier alpha value is -4.90. The van der Waals surface area contributed by atoms with Gasteiger partial charge in [-0.3, -0.25) is 0 Å². The highest BCUT2D eigenvalue weighted by molar-refractivity contribution is 5.58. The third kappa shape index (κ3) is 12.0. The van der Waals surface area contributed by atoms with E-state index < -0.39 is 0 Å². The summed E-state index contributed by atoms with van der Waals surface area (Å²) in [7, 11) is 0. The van der Waals surface area contributed by atoms with Crippen molar-refractivity contribution in [3.05, 3.63) is 144 Å². The van der Waals surface area contributed by atoms with Crippen molar-refractivity contribution < 1.29 is 25.5 Å². The molecule has 1 atom stereocenters. The third-order valence-electron chi connectivity index (χ3n) is 14.0. The van der Waals surface area contributed by atoms with Crippen LogP contribution in [0.15, 0.2) is 60.7 Å². The fourth-order valence-corrected chi connectivity index (χ4v) is 9.79. The molecule has 5 aromatic rings. The lowest BCUT2D eigenvalue weighted by Gasteiger charge is -2.33. The molecule has 0 saturated carbocycles. The van der Waals surface area contributed by atoms with Crippen molar-refractivity contribution in [3.8, 4) is 28.7 Å². The molecular formula is C62H88O5. The van der Waals surface area contributed by atoms with Crippen LogP contribution in [-0.2, 0) is 39.9 Å². The molecule has 0 fully saturated rings. The first-order valence-electron chi connectivity index (χ1n) is 24.7. The van der Waals surface area contributed by atoms with Gasteiger partial charge in [-0.2, -0.15) is 0 Å². The third-order valence-corrected chi connectivity index (χ3v) is 14.0. The first-order valence-corrected chi connectivity index (χ1v) is 24.7. The zero-order valence-electron chi connectivity index (χ0n) is 45.7. The van der Waals surface area contributed by atoms with E-state index >= 15 is 0 Å². The van der Waals surface area contributed by atoms with Gasteiger partial charge in [0, 0.05) is 23.0 Å². The monoisotopic (exact) mass is 913 g/mol. The van der Waals surface area contributed by atoms with Crippen molar-refractivity contribution in [1.29, 1.82) is 0 Å². The van der Waals surface area contributed by atoms with Crippen molar-refractivity contribution in [1.82, 2.24) is 0 Å². The van der Waals surface area contributed by atoms with Crippen LogP contribution in [0, 0.1) is 20.8 Å². The summed E-state index contributed by atoms with van der Waals surface area (Å²) in [5, 5.41) is 55.0. The quantitative estimate of drug-likeness (QED) is 0.107. The Morgan fingerprint density at radius 3 is 0.896 bits per heavy atom. The normalized spacial score (nSPS) is 13.3. The Balaban J connectivity index is 0.000000309. The predicted molar refractivity (Wildman–Crippen MR) is 285 cm³/mol. The summed E-state index contributed by atoms with van der Waals surface area (Å²) >= 11 is 0. The van der Waals surface area contributed by atoms with E-state index in [-0.39, 0.29) is 44.8 Å². The Kier molecular flexibility index (Phi) is 16.0. The fourth-order valence-electron chi connectivity index (χ4n) is 9.79. The maximum absolute atomic E-state index is 11.1. The maximum Gasteiger partial charge on any atom is 0.123 e. The van der Waals surface area contributed by atoms with Crippen molar-refractivity contribution in [2.24, 2.45) is 0 Å². The van der Waals surface area contributed by atoms with E-state index in [1.165, 1.54) is 27.8 Å². The molecule has 0 amide bonds. The van der Waals surface area contributed by atoms with E-state index in [2.05, 4.69) is 195 Å². The second-order valence-electron chi connectivity index (χ2n) is 24.8. The van der Waals surface area contributed by atoms with Crippen LogP contribution in [0.1, 0.15) is 233 Å². The Labute approximate surface area is 406 Å². The van der Waals surface area contributed by atoms with E-state index in [1.807, 2.05) is 18.2 Å². The molecular weight excluding hydrogens is 825 g/mol. The molecule has 5 rings (SSSR count). The summed E-state index contributed by atoms with van der Waals surface area (Å²) in [6.45, 7) is 46.8. The number of benzene rings is 5. The van der Waals surface area contributed by atoms with Gasteiger partial charge in [0.15, 0.2) is 0 Å². The molecule has 0 aliphatic heterocycles. The summed E-state index contributed by atoms with van der Waals surface area (Å²) in [5.74, 6) is 1.61. The lowest BCUT2D eigenvalue weighted by molar-refractivity contribution is 0.429. The van der Waals surface area contributed by atoms with Crippen LogP contribution < -0.4 is 0 Å². The number of aryl methyl sites for hydroxylation is 5. The average Bonchev–Trinajstić information content (AvgIpc) is 3.17. The molecule has 0 heterocycles. The number of phenolic OH excluding ortho intramolecular Hbond substituents is 5. The first-order chi connectivity index (χ1) is 30.4. The Bertz CT molecular complexity index is 2430. The zero-order valence-corrected chi connectivity index (χ0v) is 45.7. The van der Waals surface area contributed by atoms with Gasteiger partial charge >= 0.3 is 0 Å². The van der Waals surface area contributed by atoms with Crippen molar-refractivity contribution in [3.63, 3.8) is 0 Å². The second-order valence-corrected chi connectivity index (χ2v) is 24.8. The number of phenols is 5.